The summed E-state index contributed by atoms with van der Waals surface area (Å²) < 4.78 is 84.3. The molecule has 0 spiro atoms. The highest BCUT2D eigenvalue weighted by atomic mass is 19.4. The van der Waals surface area contributed by atoms with Gasteiger partial charge in [0.15, 0.2) is 0 Å². The van der Waals surface area contributed by atoms with Crippen LogP contribution in [0.25, 0.3) is 12.2 Å². The molecule has 0 atom stereocenters. The van der Waals surface area contributed by atoms with Crippen LogP contribution < -0.4 is 4.90 Å². The van der Waals surface area contributed by atoms with Crippen LogP contribution in [0.1, 0.15) is 35.4 Å². The number of rotatable bonds is 7. The molecule has 0 saturated carbocycles. The molecule has 0 saturated heterocycles. The number of anilines is 1. The first kappa shape index (κ1) is 25.4. The number of hydrogen-bond donors (Lipinski definition) is 1. The van der Waals surface area contributed by atoms with Crippen LogP contribution in [0.15, 0.2) is 59.0 Å². The zero-order valence-electron chi connectivity index (χ0n) is 18.3. The number of alkyl halides is 6. The van der Waals surface area contributed by atoms with E-state index in [4.69, 9.17) is 4.42 Å². The molecule has 4 nitrogen and oxygen atoms in total. The van der Waals surface area contributed by atoms with Gasteiger partial charge in [0.1, 0.15) is 11.5 Å². The first-order valence-electron chi connectivity index (χ1n) is 10.3. The molecule has 0 aliphatic heterocycles. The molecule has 0 aliphatic carbocycles. The van der Waals surface area contributed by atoms with Crippen molar-refractivity contribution in [2.75, 3.05) is 11.4 Å². The summed E-state index contributed by atoms with van der Waals surface area (Å²) in [6.07, 6.45) is -8.34. The van der Waals surface area contributed by atoms with Gasteiger partial charge in [-0.3, -0.25) is 0 Å². The van der Waals surface area contributed by atoms with Crippen molar-refractivity contribution in [2.24, 2.45) is 0 Å². The van der Waals surface area contributed by atoms with Gasteiger partial charge < -0.3 is 14.4 Å². The second kappa shape index (κ2) is 9.54. The molecule has 1 heterocycles. The number of nitrogens with zero attached hydrogens (tertiary/aromatic N) is 2. The molecule has 0 fully saturated rings. The van der Waals surface area contributed by atoms with Crippen LogP contribution in [0.2, 0.25) is 0 Å². The Morgan fingerprint density at radius 1 is 0.912 bits per heavy atom. The van der Waals surface area contributed by atoms with Gasteiger partial charge in [0.2, 0.25) is 5.89 Å². The van der Waals surface area contributed by atoms with Gasteiger partial charge >= 0.3 is 12.4 Å². The molecular formula is C24H22F6N2O2. The third-order valence-corrected chi connectivity index (χ3v) is 5.32. The summed E-state index contributed by atoms with van der Waals surface area (Å²) in [5.41, 5.74) is -4.38. The summed E-state index contributed by atoms with van der Waals surface area (Å²) in [4.78, 5) is 6.13. The molecule has 0 unspecified atom stereocenters. The predicted octanol–water partition coefficient (Wildman–Crippen LogP) is 6.49. The smallest absolute Gasteiger partial charge is 0.430 e. The maximum absolute atomic E-state index is 13.1. The summed E-state index contributed by atoms with van der Waals surface area (Å²) in [5.74, 6) is 0.898. The number of aliphatic hydroxyl groups is 1. The molecular weight excluding hydrogens is 462 g/mol. The van der Waals surface area contributed by atoms with Gasteiger partial charge in [-0.1, -0.05) is 42.5 Å². The highest BCUT2D eigenvalue weighted by molar-refractivity contribution is 5.66. The molecule has 0 bridgehead atoms. The highest BCUT2D eigenvalue weighted by Crippen LogP contribution is 2.50. The molecule has 10 heteroatoms. The molecule has 3 rings (SSSR count). The number of hydrogen-bond acceptors (Lipinski definition) is 4. The van der Waals surface area contributed by atoms with Crippen LogP contribution in [0.4, 0.5) is 32.0 Å². The van der Waals surface area contributed by atoms with Crippen molar-refractivity contribution >= 4 is 17.8 Å². The second-order valence-electron chi connectivity index (χ2n) is 7.57. The normalized spacial score (nSPS) is 13.0. The fourth-order valence-electron chi connectivity index (χ4n) is 3.37. The number of benzene rings is 2. The van der Waals surface area contributed by atoms with Crippen LogP contribution in [0.5, 0.6) is 0 Å². The average Bonchev–Trinajstić information content (AvgIpc) is 3.14. The minimum absolute atomic E-state index is 0.215. The van der Waals surface area contributed by atoms with Gasteiger partial charge in [-0.25, -0.2) is 4.98 Å². The fourth-order valence-corrected chi connectivity index (χ4v) is 3.37. The molecule has 0 amide bonds. The van der Waals surface area contributed by atoms with E-state index in [2.05, 4.69) is 4.98 Å². The summed E-state index contributed by atoms with van der Waals surface area (Å²) in [5, 5.41) is 9.56. The van der Waals surface area contributed by atoms with Crippen molar-refractivity contribution in [3.8, 4) is 0 Å². The molecule has 0 aliphatic rings. The lowest BCUT2D eigenvalue weighted by Crippen LogP contribution is -2.53. The quantitative estimate of drug-likeness (QED) is 0.390. The SMILES string of the molecule is CCN(Cc1nc(C=Cc2ccccc2)oc1C)c1ccc(C(O)(C(F)(F)F)C(F)(F)F)cc1. The van der Waals surface area contributed by atoms with E-state index >= 15 is 0 Å². The topological polar surface area (TPSA) is 49.5 Å². The molecule has 182 valence electrons. The molecule has 34 heavy (non-hydrogen) atoms. The largest absolute Gasteiger partial charge is 0.442 e. The molecule has 2 aromatic carbocycles. The Hall–Kier alpha value is -3.27. The maximum atomic E-state index is 13.1. The van der Waals surface area contributed by atoms with Crippen molar-refractivity contribution in [1.82, 2.24) is 4.98 Å². The minimum Gasteiger partial charge on any atom is -0.442 e. The van der Waals surface area contributed by atoms with Crippen LogP contribution in [0.3, 0.4) is 0 Å². The van der Waals surface area contributed by atoms with E-state index in [1.807, 2.05) is 36.4 Å². The Balaban J connectivity index is 1.81. The standard InChI is InChI=1S/C24H22F6N2O2/c1-3-32(15-20-16(2)34-21(31-20)14-9-17-7-5-4-6-8-17)19-12-10-18(11-13-19)22(33,23(25,26)27)24(28,29)30/h4-14,33H,3,15H2,1-2H3. The average molecular weight is 484 g/mol. The lowest BCUT2D eigenvalue weighted by Gasteiger charge is -2.33. The van der Waals surface area contributed by atoms with E-state index in [1.54, 1.807) is 24.8 Å². The maximum Gasteiger partial charge on any atom is 0.430 e. The monoisotopic (exact) mass is 484 g/mol. The number of aryl methyl sites for hydroxylation is 1. The van der Waals surface area contributed by atoms with Crippen molar-refractivity contribution < 1.29 is 35.9 Å². The zero-order chi connectivity index (χ0) is 25.1. The Morgan fingerprint density at radius 2 is 1.50 bits per heavy atom. The lowest BCUT2D eigenvalue weighted by molar-refractivity contribution is -0.376. The summed E-state index contributed by atoms with van der Waals surface area (Å²) in [6, 6.07) is 13.0. The Bertz CT molecular complexity index is 1110. The number of oxazole rings is 1. The van der Waals surface area contributed by atoms with E-state index < -0.39 is 23.5 Å². The number of halogens is 6. The Kier molecular flexibility index (Phi) is 7.11. The summed E-state index contributed by atoms with van der Waals surface area (Å²) >= 11 is 0. The first-order chi connectivity index (χ1) is 15.9. The molecule has 0 radical (unpaired) electrons. The Morgan fingerprint density at radius 3 is 2.03 bits per heavy atom. The molecule has 1 aromatic heterocycles. The van der Waals surface area contributed by atoms with Gasteiger partial charge in [-0.2, -0.15) is 26.3 Å². The van der Waals surface area contributed by atoms with E-state index in [0.717, 1.165) is 17.7 Å². The summed E-state index contributed by atoms with van der Waals surface area (Å²) in [7, 11) is 0. The van der Waals surface area contributed by atoms with Gasteiger partial charge in [0, 0.05) is 23.9 Å². The van der Waals surface area contributed by atoms with Crippen LogP contribution in [-0.4, -0.2) is 29.0 Å². The van der Waals surface area contributed by atoms with Gasteiger partial charge in [0.25, 0.3) is 5.60 Å². The van der Waals surface area contributed by atoms with Gasteiger partial charge in [-0.15, -0.1) is 0 Å². The highest BCUT2D eigenvalue weighted by Gasteiger charge is 2.71. The van der Waals surface area contributed by atoms with E-state index in [1.165, 1.54) is 0 Å². The predicted molar refractivity (Wildman–Crippen MR) is 116 cm³/mol. The van der Waals surface area contributed by atoms with Gasteiger partial charge in [0.05, 0.1) is 6.54 Å². The van der Waals surface area contributed by atoms with Crippen molar-refractivity contribution in [1.29, 1.82) is 0 Å². The van der Waals surface area contributed by atoms with Crippen molar-refractivity contribution in [3.63, 3.8) is 0 Å². The van der Waals surface area contributed by atoms with Crippen LogP contribution in [-0.2, 0) is 12.1 Å². The second-order valence-corrected chi connectivity index (χ2v) is 7.57. The first-order valence-corrected chi connectivity index (χ1v) is 10.3. The molecule has 1 N–H and O–H groups in total. The summed E-state index contributed by atoms with van der Waals surface area (Å²) in [6.45, 7) is 4.10. The Labute approximate surface area is 192 Å². The molecule has 3 aromatic rings. The minimum atomic E-state index is -5.93. The van der Waals surface area contributed by atoms with Gasteiger partial charge in [-0.05, 0) is 37.6 Å². The van der Waals surface area contributed by atoms with Crippen LogP contribution >= 0.6 is 0 Å². The third-order valence-electron chi connectivity index (χ3n) is 5.32. The van der Waals surface area contributed by atoms with E-state index in [-0.39, 0.29) is 6.54 Å². The van der Waals surface area contributed by atoms with Crippen molar-refractivity contribution in [3.05, 3.63) is 83.1 Å². The third kappa shape index (κ3) is 5.11. The van der Waals surface area contributed by atoms with E-state index in [0.29, 0.717) is 41.7 Å². The fraction of sp³-hybridized carbons (Fsp3) is 0.292. The zero-order valence-corrected chi connectivity index (χ0v) is 18.3. The lowest BCUT2D eigenvalue weighted by atomic mass is 9.92. The van der Waals surface area contributed by atoms with E-state index in [9.17, 15) is 31.4 Å². The van der Waals surface area contributed by atoms with Crippen molar-refractivity contribution in [2.45, 2.75) is 38.3 Å². The number of aromatic nitrogens is 1. The van der Waals surface area contributed by atoms with Crippen LogP contribution in [0, 0.1) is 6.92 Å².